The van der Waals surface area contributed by atoms with Crippen molar-refractivity contribution in [1.82, 2.24) is 19.6 Å². The smallest absolute Gasteiger partial charge is 0.274 e. The third-order valence-corrected chi connectivity index (χ3v) is 5.53. The molecular weight excluding hydrogens is 372 g/mol. The highest BCUT2D eigenvalue weighted by atomic mass is 16.7. The van der Waals surface area contributed by atoms with Gasteiger partial charge in [0.1, 0.15) is 12.2 Å². The number of nitrogens with zero attached hydrogens (tertiary/aromatic N) is 4. The topological polar surface area (TPSA) is 82.6 Å². The lowest BCUT2D eigenvalue weighted by atomic mass is 10.0. The second-order valence-corrected chi connectivity index (χ2v) is 7.44. The molecule has 0 saturated carbocycles. The van der Waals surface area contributed by atoms with Crippen LogP contribution in [0.2, 0.25) is 0 Å². The molecule has 0 aliphatic carbocycles. The molecule has 1 fully saturated rings. The van der Waals surface area contributed by atoms with Crippen molar-refractivity contribution in [2.75, 3.05) is 13.3 Å². The summed E-state index contributed by atoms with van der Waals surface area (Å²) in [5.74, 6) is 2.32. The SMILES string of the molecule is C[C@@H]1CCCCN1C(=O)Cn1cccc1-c1nc(-c2ccc3c(c2)OCO3)no1. The maximum Gasteiger partial charge on any atom is 0.274 e. The molecule has 1 atom stereocenters. The number of hydrogen-bond donors (Lipinski definition) is 0. The molecular formula is C21H22N4O4. The van der Waals surface area contributed by atoms with Crippen LogP contribution in [0.3, 0.4) is 0 Å². The molecule has 1 aromatic carbocycles. The average molecular weight is 394 g/mol. The van der Waals surface area contributed by atoms with E-state index in [0.29, 0.717) is 23.2 Å². The van der Waals surface area contributed by atoms with Gasteiger partial charge >= 0.3 is 0 Å². The minimum absolute atomic E-state index is 0.116. The van der Waals surface area contributed by atoms with Gasteiger partial charge in [-0.3, -0.25) is 4.79 Å². The van der Waals surface area contributed by atoms with Gasteiger partial charge in [0.15, 0.2) is 11.5 Å². The Morgan fingerprint density at radius 1 is 1.21 bits per heavy atom. The van der Waals surface area contributed by atoms with Gasteiger partial charge in [0.2, 0.25) is 18.5 Å². The molecule has 2 aliphatic heterocycles. The summed E-state index contributed by atoms with van der Waals surface area (Å²) in [4.78, 5) is 19.3. The van der Waals surface area contributed by atoms with E-state index in [-0.39, 0.29) is 25.3 Å². The zero-order valence-corrected chi connectivity index (χ0v) is 16.2. The number of ether oxygens (including phenoxy) is 2. The van der Waals surface area contributed by atoms with Crippen molar-refractivity contribution >= 4 is 5.91 Å². The molecule has 29 heavy (non-hydrogen) atoms. The number of aromatic nitrogens is 3. The second-order valence-electron chi connectivity index (χ2n) is 7.44. The standard InChI is InChI=1S/C21H22N4O4/c1-14-5-2-3-10-25(14)19(26)12-24-9-4-6-16(24)21-22-20(23-29-21)15-7-8-17-18(11-15)28-13-27-17/h4,6-9,11,14H,2-3,5,10,12-13H2,1H3/t14-/m1/s1. The van der Waals surface area contributed by atoms with E-state index < -0.39 is 0 Å². The first-order valence-electron chi connectivity index (χ1n) is 9.88. The fourth-order valence-corrected chi connectivity index (χ4v) is 3.93. The Labute approximate surface area is 168 Å². The molecule has 2 aliphatic rings. The summed E-state index contributed by atoms with van der Waals surface area (Å²) in [5, 5.41) is 4.10. The van der Waals surface area contributed by atoms with Crippen LogP contribution in [0.4, 0.5) is 0 Å². The van der Waals surface area contributed by atoms with Crippen LogP contribution in [-0.4, -0.2) is 44.9 Å². The largest absolute Gasteiger partial charge is 0.454 e. The van der Waals surface area contributed by atoms with Gasteiger partial charge < -0.3 is 23.5 Å². The summed E-state index contributed by atoms with van der Waals surface area (Å²) >= 11 is 0. The number of piperidine rings is 1. The summed E-state index contributed by atoms with van der Waals surface area (Å²) in [5.41, 5.74) is 1.50. The first-order chi connectivity index (χ1) is 14.2. The van der Waals surface area contributed by atoms with Crippen LogP contribution in [0.25, 0.3) is 23.0 Å². The van der Waals surface area contributed by atoms with Gasteiger partial charge in [0, 0.05) is 24.3 Å². The first kappa shape index (κ1) is 17.8. The summed E-state index contributed by atoms with van der Waals surface area (Å²) in [6.07, 6.45) is 5.18. The van der Waals surface area contributed by atoms with Gasteiger partial charge in [0.05, 0.1) is 0 Å². The molecule has 2 aromatic heterocycles. The summed E-state index contributed by atoms with van der Waals surface area (Å²) in [6.45, 7) is 3.41. The quantitative estimate of drug-likeness (QED) is 0.675. The van der Waals surface area contributed by atoms with Crippen LogP contribution in [0, 0.1) is 0 Å². The molecule has 3 aromatic rings. The normalized spacial score (nSPS) is 18.2. The molecule has 1 saturated heterocycles. The molecule has 4 heterocycles. The highest BCUT2D eigenvalue weighted by Crippen LogP contribution is 2.35. The minimum atomic E-state index is 0.116. The Morgan fingerprint density at radius 3 is 3.00 bits per heavy atom. The van der Waals surface area contributed by atoms with Crippen molar-refractivity contribution in [2.24, 2.45) is 0 Å². The first-order valence-corrected chi connectivity index (χ1v) is 9.88. The van der Waals surface area contributed by atoms with Crippen molar-refractivity contribution < 1.29 is 18.8 Å². The number of carbonyl (C=O) groups is 1. The number of benzene rings is 1. The molecule has 0 N–H and O–H groups in total. The Balaban J connectivity index is 1.36. The third kappa shape index (κ3) is 3.35. The molecule has 8 heteroatoms. The van der Waals surface area contributed by atoms with E-state index in [0.717, 1.165) is 30.6 Å². The fraction of sp³-hybridized carbons (Fsp3) is 0.381. The Hall–Kier alpha value is -3.29. The van der Waals surface area contributed by atoms with Crippen LogP contribution in [0.1, 0.15) is 26.2 Å². The second kappa shape index (κ2) is 7.27. The van der Waals surface area contributed by atoms with Crippen molar-refractivity contribution in [1.29, 1.82) is 0 Å². The number of rotatable bonds is 4. The highest BCUT2D eigenvalue weighted by Gasteiger charge is 2.24. The van der Waals surface area contributed by atoms with E-state index in [1.165, 1.54) is 6.42 Å². The Kier molecular flexibility index (Phi) is 4.46. The zero-order valence-electron chi connectivity index (χ0n) is 16.2. The molecule has 5 rings (SSSR count). The summed E-state index contributed by atoms with van der Waals surface area (Å²) < 4.78 is 18.1. The monoisotopic (exact) mass is 394 g/mol. The lowest BCUT2D eigenvalue weighted by molar-refractivity contribution is -0.135. The number of fused-ring (bicyclic) bond motifs is 1. The lowest BCUT2D eigenvalue weighted by Gasteiger charge is -2.33. The van der Waals surface area contributed by atoms with Gasteiger partial charge in [-0.05, 0) is 56.5 Å². The average Bonchev–Trinajstić information content (AvgIpc) is 3.47. The molecule has 1 amide bonds. The van der Waals surface area contributed by atoms with E-state index >= 15 is 0 Å². The third-order valence-electron chi connectivity index (χ3n) is 5.53. The Morgan fingerprint density at radius 2 is 2.10 bits per heavy atom. The zero-order chi connectivity index (χ0) is 19.8. The predicted molar refractivity (Wildman–Crippen MR) is 104 cm³/mol. The number of carbonyl (C=O) groups excluding carboxylic acids is 1. The van der Waals surface area contributed by atoms with Crippen molar-refractivity contribution in [3.05, 3.63) is 36.5 Å². The van der Waals surface area contributed by atoms with Gasteiger partial charge in [-0.1, -0.05) is 5.16 Å². The van der Waals surface area contributed by atoms with Crippen molar-refractivity contribution in [3.63, 3.8) is 0 Å². The van der Waals surface area contributed by atoms with Gasteiger partial charge in [-0.25, -0.2) is 0 Å². The van der Waals surface area contributed by atoms with Crippen molar-refractivity contribution in [3.8, 4) is 34.5 Å². The maximum absolute atomic E-state index is 12.8. The van der Waals surface area contributed by atoms with Crippen molar-refractivity contribution in [2.45, 2.75) is 38.8 Å². The van der Waals surface area contributed by atoms with Crippen LogP contribution in [0.5, 0.6) is 11.5 Å². The molecule has 0 bridgehead atoms. The van der Waals surface area contributed by atoms with E-state index in [4.69, 9.17) is 14.0 Å². The van der Waals surface area contributed by atoms with Crippen LogP contribution < -0.4 is 9.47 Å². The predicted octanol–water partition coefficient (Wildman–Crippen LogP) is 3.33. The summed E-state index contributed by atoms with van der Waals surface area (Å²) in [6, 6.07) is 9.57. The highest BCUT2D eigenvalue weighted by molar-refractivity contribution is 5.77. The summed E-state index contributed by atoms with van der Waals surface area (Å²) in [7, 11) is 0. The molecule has 8 nitrogen and oxygen atoms in total. The van der Waals surface area contributed by atoms with E-state index in [9.17, 15) is 4.79 Å². The lowest BCUT2D eigenvalue weighted by Crippen LogP contribution is -2.43. The van der Waals surface area contributed by atoms with Crippen LogP contribution in [-0.2, 0) is 11.3 Å². The fourth-order valence-electron chi connectivity index (χ4n) is 3.93. The van der Waals surface area contributed by atoms with E-state index in [1.807, 2.05) is 46.0 Å². The Bertz CT molecular complexity index is 1040. The molecule has 0 spiro atoms. The molecule has 0 radical (unpaired) electrons. The van der Waals surface area contributed by atoms with Gasteiger partial charge in [0.25, 0.3) is 5.89 Å². The molecule has 150 valence electrons. The van der Waals surface area contributed by atoms with Crippen LogP contribution in [0.15, 0.2) is 41.1 Å². The number of likely N-dealkylation sites (tertiary alicyclic amines) is 1. The number of amides is 1. The van der Waals surface area contributed by atoms with Crippen LogP contribution >= 0.6 is 0 Å². The van der Waals surface area contributed by atoms with Gasteiger partial charge in [-0.2, -0.15) is 4.98 Å². The maximum atomic E-state index is 12.8. The minimum Gasteiger partial charge on any atom is -0.454 e. The van der Waals surface area contributed by atoms with E-state index in [2.05, 4.69) is 17.1 Å². The van der Waals surface area contributed by atoms with E-state index in [1.54, 1.807) is 0 Å². The number of hydrogen-bond acceptors (Lipinski definition) is 6. The molecule has 0 unspecified atom stereocenters. The van der Waals surface area contributed by atoms with Gasteiger partial charge in [-0.15, -0.1) is 0 Å².